The smallest absolute Gasteiger partial charge is 0.0558 e. The Hall–Kier alpha value is -0.380. The standard InChI is InChI=1S/C14H28N2O/c1-2-3-4-5-6-8-15-9-7-10-16(12-11-15)13-14-17/h2,17H,1,3-14H2. The maximum atomic E-state index is 8.94. The van der Waals surface area contributed by atoms with Gasteiger partial charge in [0.2, 0.25) is 0 Å². The molecule has 0 unspecified atom stereocenters. The summed E-state index contributed by atoms with van der Waals surface area (Å²) < 4.78 is 0. The predicted molar refractivity (Wildman–Crippen MR) is 73.2 cm³/mol. The summed E-state index contributed by atoms with van der Waals surface area (Å²) in [6.45, 7) is 10.8. The van der Waals surface area contributed by atoms with E-state index in [1.165, 1.54) is 45.3 Å². The van der Waals surface area contributed by atoms with Crippen LogP contribution in [0.1, 0.15) is 32.1 Å². The number of allylic oxidation sites excluding steroid dienone is 1. The van der Waals surface area contributed by atoms with E-state index in [0.717, 1.165) is 26.1 Å². The Morgan fingerprint density at radius 3 is 2.29 bits per heavy atom. The van der Waals surface area contributed by atoms with Gasteiger partial charge in [-0.15, -0.1) is 6.58 Å². The highest BCUT2D eigenvalue weighted by Gasteiger charge is 2.13. The van der Waals surface area contributed by atoms with Crippen molar-refractivity contribution in [2.24, 2.45) is 0 Å². The first-order chi connectivity index (χ1) is 8.36. The Balaban J connectivity index is 2.07. The van der Waals surface area contributed by atoms with E-state index in [4.69, 9.17) is 5.11 Å². The molecule has 0 bridgehead atoms. The quantitative estimate of drug-likeness (QED) is 0.517. The van der Waals surface area contributed by atoms with Gasteiger partial charge in [0, 0.05) is 19.6 Å². The normalized spacial score (nSPS) is 19.1. The zero-order valence-corrected chi connectivity index (χ0v) is 11.1. The molecule has 1 saturated heterocycles. The highest BCUT2D eigenvalue weighted by Crippen LogP contribution is 2.06. The summed E-state index contributed by atoms with van der Waals surface area (Å²) in [4.78, 5) is 4.95. The zero-order chi connectivity index (χ0) is 12.3. The number of rotatable bonds is 8. The molecule has 1 heterocycles. The van der Waals surface area contributed by atoms with Gasteiger partial charge in [-0.25, -0.2) is 0 Å². The molecule has 1 aliphatic heterocycles. The molecular weight excluding hydrogens is 212 g/mol. The van der Waals surface area contributed by atoms with E-state index in [9.17, 15) is 0 Å². The van der Waals surface area contributed by atoms with Gasteiger partial charge in [-0.1, -0.05) is 12.5 Å². The average molecular weight is 240 g/mol. The Morgan fingerprint density at radius 1 is 0.941 bits per heavy atom. The SMILES string of the molecule is C=CCCCCCN1CCCN(CCO)CC1. The lowest BCUT2D eigenvalue weighted by Crippen LogP contribution is -2.32. The summed E-state index contributed by atoms with van der Waals surface area (Å²) in [5, 5.41) is 8.94. The molecule has 0 aromatic heterocycles. The van der Waals surface area contributed by atoms with Crippen LogP contribution in [0.3, 0.4) is 0 Å². The van der Waals surface area contributed by atoms with Gasteiger partial charge in [-0.3, -0.25) is 4.90 Å². The van der Waals surface area contributed by atoms with Gasteiger partial charge < -0.3 is 10.0 Å². The molecule has 1 rings (SSSR count). The van der Waals surface area contributed by atoms with Crippen molar-refractivity contribution in [3.05, 3.63) is 12.7 Å². The van der Waals surface area contributed by atoms with Crippen LogP contribution in [0.5, 0.6) is 0 Å². The molecule has 0 radical (unpaired) electrons. The van der Waals surface area contributed by atoms with Crippen LogP contribution in [0, 0.1) is 0 Å². The van der Waals surface area contributed by atoms with Gasteiger partial charge in [-0.05, 0) is 45.3 Å². The van der Waals surface area contributed by atoms with Gasteiger partial charge in [0.25, 0.3) is 0 Å². The number of nitrogens with zero attached hydrogens (tertiary/aromatic N) is 2. The summed E-state index contributed by atoms with van der Waals surface area (Å²) in [5.74, 6) is 0. The van der Waals surface area contributed by atoms with E-state index in [1.807, 2.05) is 6.08 Å². The lowest BCUT2D eigenvalue weighted by Gasteiger charge is -2.21. The Bertz CT molecular complexity index is 197. The number of hydrogen-bond acceptors (Lipinski definition) is 3. The number of aliphatic hydroxyl groups is 1. The van der Waals surface area contributed by atoms with Crippen LogP contribution >= 0.6 is 0 Å². The molecule has 1 aliphatic rings. The van der Waals surface area contributed by atoms with Crippen molar-refractivity contribution in [3.8, 4) is 0 Å². The first-order valence-electron chi connectivity index (χ1n) is 7.03. The molecule has 0 aliphatic carbocycles. The third kappa shape index (κ3) is 6.81. The summed E-state index contributed by atoms with van der Waals surface area (Å²) in [6.07, 6.45) is 8.33. The molecule has 0 atom stereocenters. The summed E-state index contributed by atoms with van der Waals surface area (Å²) in [6, 6.07) is 0. The number of hydrogen-bond donors (Lipinski definition) is 1. The van der Waals surface area contributed by atoms with Crippen LogP contribution in [0.2, 0.25) is 0 Å². The van der Waals surface area contributed by atoms with Crippen molar-refractivity contribution in [2.75, 3.05) is 45.9 Å². The summed E-state index contributed by atoms with van der Waals surface area (Å²) >= 11 is 0. The molecular formula is C14H28N2O. The van der Waals surface area contributed by atoms with Gasteiger partial charge in [-0.2, -0.15) is 0 Å². The highest BCUT2D eigenvalue weighted by molar-refractivity contribution is 4.70. The van der Waals surface area contributed by atoms with E-state index < -0.39 is 0 Å². The Labute approximate surface area is 106 Å². The van der Waals surface area contributed by atoms with Crippen molar-refractivity contribution < 1.29 is 5.11 Å². The molecule has 3 heteroatoms. The van der Waals surface area contributed by atoms with Crippen LogP contribution in [0.15, 0.2) is 12.7 Å². The number of unbranched alkanes of at least 4 members (excludes halogenated alkanes) is 3. The van der Waals surface area contributed by atoms with Gasteiger partial charge >= 0.3 is 0 Å². The fourth-order valence-electron chi connectivity index (χ4n) is 2.41. The van der Waals surface area contributed by atoms with Crippen molar-refractivity contribution in [2.45, 2.75) is 32.1 Å². The predicted octanol–water partition coefficient (Wildman–Crippen LogP) is 1.73. The largest absolute Gasteiger partial charge is 0.395 e. The minimum atomic E-state index is 0.293. The molecule has 0 spiro atoms. The van der Waals surface area contributed by atoms with E-state index in [1.54, 1.807) is 0 Å². The summed E-state index contributed by atoms with van der Waals surface area (Å²) in [7, 11) is 0. The Kier molecular flexibility index (Phi) is 8.32. The minimum absolute atomic E-state index is 0.293. The van der Waals surface area contributed by atoms with Crippen LogP contribution in [0.25, 0.3) is 0 Å². The maximum absolute atomic E-state index is 8.94. The fraction of sp³-hybridized carbons (Fsp3) is 0.857. The molecule has 100 valence electrons. The van der Waals surface area contributed by atoms with E-state index in [2.05, 4.69) is 16.4 Å². The topological polar surface area (TPSA) is 26.7 Å². The fourth-order valence-corrected chi connectivity index (χ4v) is 2.41. The molecule has 1 N–H and O–H groups in total. The minimum Gasteiger partial charge on any atom is -0.395 e. The van der Waals surface area contributed by atoms with Crippen LogP contribution in [-0.4, -0.2) is 60.8 Å². The van der Waals surface area contributed by atoms with E-state index in [-0.39, 0.29) is 0 Å². The second-order valence-corrected chi connectivity index (χ2v) is 4.90. The second kappa shape index (κ2) is 9.63. The molecule has 0 saturated carbocycles. The van der Waals surface area contributed by atoms with Crippen molar-refractivity contribution in [3.63, 3.8) is 0 Å². The van der Waals surface area contributed by atoms with Gasteiger partial charge in [0.05, 0.1) is 6.61 Å². The van der Waals surface area contributed by atoms with Crippen molar-refractivity contribution >= 4 is 0 Å². The lowest BCUT2D eigenvalue weighted by molar-refractivity contribution is 0.196. The first kappa shape index (κ1) is 14.7. The average Bonchev–Trinajstić information content (AvgIpc) is 2.55. The van der Waals surface area contributed by atoms with Crippen molar-refractivity contribution in [1.82, 2.24) is 9.80 Å². The monoisotopic (exact) mass is 240 g/mol. The lowest BCUT2D eigenvalue weighted by atomic mass is 10.2. The van der Waals surface area contributed by atoms with Crippen LogP contribution in [-0.2, 0) is 0 Å². The Morgan fingerprint density at radius 2 is 1.65 bits per heavy atom. The van der Waals surface area contributed by atoms with Gasteiger partial charge in [0.1, 0.15) is 0 Å². The van der Waals surface area contributed by atoms with E-state index >= 15 is 0 Å². The van der Waals surface area contributed by atoms with E-state index in [0.29, 0.717) is 6.61 Å². The maximum Gasteiger partial charge on any atom is 0.0558 e. The van der Waals surface area contributed by atoms with Crippen molar-refractivity contribution in [1.29, 1.82) is 0 Å². The third-order valence-electron chi connectivity index (χ3n) is 3.48. The molecule has 17 heavy (non-hydrogen) atoms. The zero-order valence-electron chi connectivity index (χ0n) is 11.1. The van der Waals surface area contributed by atoms with Gasteiger partial charge in [0.15, 0.2) is 0 Å². The van der Waals surface area contributed by atoms with Crippen LogP contribution in [0.4, 0.5) is 0 Å². The second-order valence-electron chi connectivity index (χ2n) is 4.90. The molecule has 1 fully saturated rings. The number of aliphatic hydroxyl groups excluding tert-OH is 1. The van der Waals surface area contributed by atoms with Crippen LogP contribution < -0.4 is 0 Å². The first-order valence-corrected chi connectivity index (χ1v) is 7.03. The number of β-amino-alcohol motifs (C(OH)–C–C–N with tert-alkyl or cyclic N) is 1. The molecule has 0 amide bonds. The molecule has 0 aromatic rings. The molecule has 3 nitrogen and oxygen atoms in total. The third-order valence-corrected chi connectivity index (χ3v) is 3.48. The summed E-state index contributed by atoms with van der Waals surface area (Å²) in [5.41, 5.74) is 0. The highest BCUT2D eigenvalue weighted by atomic mass is 16.3. The molecule has 0 aromatic carbocycles.